The highest BCUT2D eigenvalue weighted by molar-refractivity contribution is 7.09. The van der Waals surface area contributed by atoms with E-state index in [2.05, 4.69) is 23.7 Å². The number of aromatic nitrogens is 1. The number of rotatable bonds is 7. The van der Waals surface area contributed by atoms with E-state index in [-0.39, 0.29) is 0 Å². The van der Waals surface area contributed by atoms with Gasteiger partial charge in [0.15, 0.2) is 5.60 Å². The van der Waals surface area contributed by atoms with Gasteiger partial charge in [0.05, 0.1) is 0 Å². The molecule has 1 aliphatic heterocycles. The van der Waals surface area contributed by atoms with Gasteiger partial charge in [-0.3, -0.25) is 9.88 Å². The highest BCUT2D eigenvalue weighted by atomic mass is 32.1. The molecule has 2 aromatic rings. The molecule has 2 aromatic heterocycles. The van der Waals surface area contributed by atoms with E-state index in [0.29, 0.717) is 32.4 Å². The lowest BCUT2D eigenvalue weighted by Crippen LogP contribution is -2.59. The Morgan fingerprint density at radius 1 is 1.20 bits per heavy atom. The van der Waals surface area contributed by atoms with E-state index in [1.165, 1.54) is 14.0 Å². The third kappa shape index (κ3) is 4.04. The molecule has 2 unspecified atom stereocenters. The molecule has 0 aromatic carbocycles. The van der Waals surface area contributed by atoms with Crippen molar-refractivity contribution in [2.45, 2.75) is 64.3 Å². The number of methoxy groups -OCH3 is 1. The van der Waals surface area contributed by atoms with Crippen LogP contribution in [0, 0.1) is 12.3 Å². The lowest BCUT2D eigenvalue weighted by atomic mass is 9.68. The van der Waals surface area contributed by atoms with Crippen molar-refractivity contribution >= 4 is 11.3 Å². The predicted octanol–water partition coefficient (Wildman–Crippen LogP) is 5.98. The number of likely N-dealkylation sites (tertiary alicyclic amines) is 1. The molecule has 30 heavy (non-hydrogen) atoms. The molecule has 1 saturated heterocycles. The van der Waals surface area contributed by atoms with Crippen LogP contribution in [0.25, 0.3) is 0 Å². The summed E-state index contributed by atoms with van der Waals surface area (Å²) < 4.78 is 48.2. The zero-order valence-corrected chi connectivity index (χ0v) is 19.2. The van der Waals surface area contributed by atoms with Crippen LogP contribution in [0.15, 0.2) is 35.8 Å². The minimum absolute atomic E-state index is 0.323. The van der Waals surface area contributed by atoms with Gasteiger partial charge in [-0.25, -0.2) is 0 Å². The van der Waals surface area contributed by atoms with Crippen LogP contribution >= 0.6 is 11.3 Å². The van der Waals surface area contributed by atoms with Crippen LogP contribution in [0.2, 0.25) is 0 Å². The number of alkyl halides is 3. The number of aryl methyl sites for hydroxylation is 2. The Morgan fingerprint density at radius 3 is 2.47 bits per heavy atom. The monoisotopic (exact) mass is 440 g/mol. The normalized spacial score (nSPS) is 22.9. The van der Waals surface area contributed by atoms with Gasteiger partial charge in [0.2, 0.25) is 0 Å². The standard InChI is InChI=1S/C23H31F3N2OS/c1-17-8-9-18(15-27-17)20(2,3)28-13-12-22(16-28,11-10-19-7-6-14-30-19)21(4,29-5)23(24,25)26/h6-9,14-15H,10-13,16H2,1-5H3. The maximum atomic E-state index is 14.3. The van der Waals surface area contributed by atoms with Crippen molar-refractivity contribution in [3.05, 3.63) is 52.0 Å². The van der Waals surface area contributed by atoms with Crippen LogP contribution in [0.1, 0.15) is 49.7 Å². The minimum atomic E-state index is -4.46. The van der Waals surface area contributed by atoms with Gasteiger partial charge in [0, 0.05) is 41.4 Å². The summed E-state index contributed by atoms with van der Waals surface area (Å²) in [4.78, 5) is 7.67. The van der Waals surface area contributed by atoms with E-state index in [1.807, 2.05) is 42.8 Å². The summed E-state index contributed by atoms with van der Waals surface area (Å²) in [6.45, 7) is 8.18. The van der Waals surface area contributed by atoms with Gasteiger partial charge in [-0.1, -0.05) is 12.1 Å². The van der Waals surface area contributed by atoms with Crippen LogP contribution in [-0.4, -0.2) is 41.9 Å². The molecule has 2 atom stereocenters. The molecule has 0 aliphatic carbocycles. The van der Waals surface area contributed by atoms with Crippen molar-refractivity contribution in [2.24, 2.45) is 5.41 Å². The summed E-state index contributed by atoms with van der Waals surface area (Å²) in [6, 6.07) is 7.91. The molecule has 0 bridgehead atoms. The van der Waals surface area contributed by atoms with Crippen LogP contribution in [0.5, 0.6) is 0 Å². The molecule has 166 valence electrons. The Kier molecular flexibility index (Phi) is 6.38. The predicted molar refractivity (Wildman–Crippen MR) is 115 cm³/mol. The molecule has 0 spiro atoms. The summed E-state index contributed by atoms with van der Waals surface area (Å²) >= 11 is 1.59. The molecule has 0 N–H and O–H groups in total. The Balaban J connectivity index is 1.94. The first-order valence-corrected chi connectivity index (χ1v) is 11.2. The third-order valence-electron chi connectivity index (χ3n) is 7.15. The second kappa shape index (κ2) is 8.24. The molecule has 7 heteroatoms. The molecule has 1 aliphatic rings. The van der Waals surface area contributed by atoms with E-state index >= 15 is 0 Å². The fraction of sp³-hybridized carbons (Fsp3) is 0.609. The SMILES string of the molecule is COC(C)(C(F)(F)F)C1(CCc2cccs2)CCN(C(C)(C)c2ccc(C)nc2)C1. The molecule has 3 nitrogen and oxygen atoms in total. The summed E-state index contributed by atoms with van der Waals surface area (Å²) in [5, 5.41) is 1.97. The molecule has 3 heterocycles. The zero-order chi connectivity index (χ0) is 22.2. The first kappa shape index (κ1) is 23.2. The largest absolute Gasteiger partial charge is 0.417 e. The number of nitrogens with zero attached hydrogens (tertiary/aromatic N) is 2. The molecule has 0 amide bonds. The van der Waals surface area contributed by atoms with Crippen molar-refractivity contribution in [3.8, 4) is 0 Å². The van der Waals surface area contributed by atoms with Gasteiger partial charge >= 0.3 is 6.18 Å². The van der Waals surface area contributed by atoms with E-state index in [9.17, 15) is 13.2 Å². The van der Waals surface area contributed by atoms with Gasteiger partial charge in [-0.15, -0.1) is 11.3 Å². The fourth-order valence-electron chi connectivity index (χ4n) is 4.64. The maximum Gasteiger partial charge on any atom is 0.417 e. The molecule has 1 fully saturated rings. The van der Waals surface area contributed by atoms with E-state index in [0.717, 1.165) is 16.1 Å². The lowest BCUT2D eigenvalue weighted by molar-refractivity contribution is -0.304. The quantitative estimate of drug-likeness (QED) is 0.530. The molecular weight excluding hydrogens is 409 g/mol. The second-order valence-corrected chi connectivity index (χ2v) is 10.0. The van der Waals surface area contributed by atoms with Gasteiger partial charge < -0.3 is 4.74 Å². The number of hydrogen-bond acceptors (Lipinski definition) is 4. The van der Waals surface area contributed by atoms with E-state index in [1.54, 1.807) is 11.3 Å². The fourth-order valence-corrected chi connectivity index (χ4v) is 5.35. The number of pyridine rings is 1. The topological polar surface area (TPSA) is 25.4 Å². The van der Waals surface area contributed by atoms with Gasteiger partial charge in [0.1, 0.15) is 0 Å². The van der Waals surface area contributed by atoms with Gasteiger partial charge in [-0.05, 0) is 76.6 Å². The number of halogens is 3. The van der Waals surface area contributed by atoms with Gasteiger partial charge in [0.25, 0.3) is 0 Å². The van der Waals surface area contributed by atoms with Crippen molar-refractivity contribution in [2.75, 3.05) is 20.2 Å². The average molecular weight is 441 g/mol. The third-order valence-corrected chi connectivity index (χ3v) is 8.09. The van der Waals surface area contributed by atoms with Crippen molar-refractivity contribution < 1.29 is 17.9 Å². The molecule has 0 saturated carbocycles. The van der Waals surface area contributed by atoms with Gasteiger partial charge in [-0.2, -0.15) is 13.2 Å². The Morgan fingerprint density at radius 2 is 1.93 bits per heavy atom. The highest BCUT2D eigenvalue weighted by Gasteiger charge is 2.66. The average Bonchev–Trinajstić information content (AvgIpc) is 3.36. The minimum Gasteiger partial charge on any atom is -0.368 e. The number of thiophene rings is 1. The van der Waals surface area contributed by atoms with E-state index < -0.39 is 22.7 Å². The lowest BCUT2D eigenvalue weighted by Gasteiger charge is -2.47. The Hall–Kier alpha value is -1.44. The van der Waals surface area contributed by atoms with Crippen molar-refractivity contribution in [1.82, 2.24) is 9.88 Å². The first-order valence-electron chi connectivity index (χ1n) is 10.3. The second-order valence-electron chi connectivity index (χ2n) is 9.01. The summed E-state index contributed by atoms with van der Waals surface area (Å²) in [5.74, 6) is 0. The first-order chi connectivity index (χ1) is 14.0. The Labute approximate surface area is 181 Å². The summed E-state index contributed by atoms with van der Waals surface area (Å²) in [7, 11) is 1.19. The van der Waals surface area contributed by atoms with Crippen LogP contribution in [-0.2, 0) is 16.7 Å². The van der Waals surface area contributed by atoms with Crippen LogP contribution in [0.4, 0.5) is 13.2 Å². The smallest absolute Gasteiger partial charge is 0.368 e. The summed E-state index contributed by atoms with van der Waals surface area (Å²) in [6.07, 6.45) is -1.14. The van der Waals surface area contributed by atoms with Crippen molar-refractivity contribution in [3.63, 3.8) is 0 Å². The number of ether oxygens (including phenoxy) is 1. The molecule has 0 radical (unpaired) electrons. The highest BCUT2D eigenvalue weighted by Crippen LogP contribution is 2.55. The maximum absolute atomic E-state index is 14.3. The van der Waals surface area contributed by atoms with Crippen LogP contribution < -0.4 is 0 Å². The summed E-state index contributed by atoms with van der Waals surface area (Å²) in [5.41, 5.74) is -1.74. The van der Waals surface area contributed by atoms with E-state index in [4.69, 9.17) is 4.74 Å². The van der Waals surface area contributed by atoms with Crippen LogP contribution in [0.3, 0.4) is 0 Å². The molecule has 3 rings (SSSR count). The number of hydrogen-bond donors (Lipinski definition) is 0. The molecular formula is C23H31F3N2OS. The van der Waals surface area contributed by atoms with Crippen molar-refractivity contribution in [1.29, 1.82) is 0 Å². The Bertz CT molecular complexity index is 835. The zero-order valence-electron chi connectivity index (χ0n) is 18.3.